The largest absolute Gasteiger partial charge is 0.485 e. The van der Waals surface area contributed by atoms with E-state index in [9.17, 15) is 18.0 Å². The monoisotopic (exact) mass is 481 g/mol. The Labute approximate surface area is 197 Å². The van der Waals surface area contributed by atoms with Crippen LogP contribution in [0.15, 0.2) is 83.8 Å². The number of para-hydroxylation sites is 3. The zero-order chi connectivity index (χ0) is 24.1. The van der Waals surface area contributed by atoms with Gasteiger partial charge in [-0.3, -0.25) is 24.7 Å². The van der Waals surface area contributed by atoms with Crippen molar-refractivity contribution < 1.29 is 27.5 Å². The van der Waals surface area contributed by atoms with E-state index in [4.69, 9.17) is 9.47 Å². The molecule has 1 heterocycles. The van der Waals surface area contributed by atoms with Gasteiger partial charge in [-0.1, -0.05) is 36.4 Å². The van der Waals surface area contributed by atoms with E-state index in [1.54, 1.807) is 61.5 Å². The van der Waals surface area contributed by atoms with Gasteiger partial charge in [0.25, 0.3) is 21.8 Å². The second-order valence-corrected chi connectivity index (χ2v) is 9.20. The summed E-state index contributed by atoms with van der Waals surface area (Å²) in [7, 11) is -3.91. The van der Waals surface area contributed by atoms with Gasteiger partial charge in [-0.2, -0.15) is 0 Å². The van der Waals surface area contributed by atoms with E-state index in [-0.39, 0.29) is 23.6 Å². The van der Waals surface area contributed by atoms with E-state index in [1.807, 2.05) is 0 Å². The smallest absolute Gasteiger partial charge is 0.283 e. The fourth-order valence-electron chi connectivity index (χ4n) is 3.43. The molecule has 3 aromatic rings. The molecule has 10 heteroatoms. The number of hydrogen-bond donors (Lipinski definition) is 2. The maximum Gasteiger partial charge on any atom is 0.283 e. The van der Waals surface area contributed by atoms with E-state index in [2.05, 4.69) is 10.9 Å². The normalized spacial score (nSPS) is 14.7. The molecule has 34 heavy (non-hydrogen) atoms. The molecule has 3 aromatic carbocycles. The Morgan fingerprint density at radius 2 is 1.65 bits per heavy atom. The summed E-state index contributed by atoms with van der Waals surface area (Å²) in [5.41, 5.74) is 5.17. The van der Waals surface area contributed by atoms with Gasteiger partial charge in [0, 0.05) is 12.1 Å². The second-order valence-electron chi connectivity index (χ2n) is 7.34. The van der Waals surface area contributed by atoms with Crippen LogP contribution in [0.3, 0.4) is 0 Å². The number of ether oxygens (including phenoxy) is 2. The molecule has 1 aliphatic rings. The maximum atomic E-state index is 13.2. The highest BCUT2D eigenvalue weighted by molar-refractivity contribution is 7.92. The molecule has 9 nitrogen and oxygen atoms in total. The van der Waals surface area contributed by atoms with Crippen LogP contribution in [0.25, 0.3) is 0 Å². The number of hydrogen-bond acceptors (Lipinski definition) is 6. The van der Waals surface area contributed by atoms with E-state index in [1.165, 1.54) is 28.6 Å². The van der Waals surface area contributed by atoms with Crippen LogP contribution < -0.4 is 24.6 Å². The first kappa shape index (κ1) is 23.1. The van der Waals surface area contributed by atoms with Crippen LogP contribution in [0.4, 0.5) is 5.69 Å². The van der Waals surface area contributed by atoms with Gasteiger partial charge in [0.2, 0.25) is 6.10 Å². The average Bonchev–Trinajstić information content (AvgIpc) is 2.87. The van der Waals surface area contributed by atoms with Crippen molar-refractivity contribution in [1.82, 2.24) is 10.9 Å². The lowest BCUT2D eigenvalue weighted by Gasteiger charge is -2.25. The zero-order valence-corrected chi connectivity index (χ0v) is 19.1. The summed E-state index contributed by atoms with van der Waals surface area (Å²) in [4.78, 5) is 25.0. The molecule has 0 bridgehead atoms. The second kappa shape index (κ2) is 9.84. The molecule has 0 aromatic heterocycles. The van der Waals surface area contributed by atoms with Crippen molar-refractivity contribution in [3.63, 3.8) is 0 Å². The Hall–Kier alpha value is -4.05. The fourth-order valence-corrected chi connectivity index (χ4v) is 4.95. The molecule has 0 saturated carbocycles. The van der Waals surface area contributed by atoms with E-state index in [0.717, 1.165) is 0 Å². The molecule has 1 aliphatic heterocycles. The predicted molar refractivity (Wildman–Crippen MR) is 125 cm³/mol. The summed E-state index contributed by atoms with van der Waals surface area (Å²) < 4.78 is 38.8. The third kappa shape index (κ3) is 4.81. The quantitative estimate of drug-likeness (QED) is 0.523. The minimum absolute atomic E-state index is 0.0151. The van der Waals surface area contributed by atoms with Crippen LogP contribution in [0, 0.1) is 0 Å². The number of rotatable bonds is 6. The number of amides is 2. The standard InChI is InChI=1S/C24H23N3O6S/c1-2-27(18-10-4-3-5-11-18)34(30,31)19-12-8-9-17(15-19)23(28)25-26-24(29)22-16-32-20-13-6-7-14-21(20)33-22/h3-15,22H,2,16H2,1H3,(H,25,28)(H,26,29)/t22-/m1/s1. The minimum Gasteiger partial charge on any atom is -0.485 e. The van der Waals surface area contributed by atoms with Crippen molar-refractivity contribution in [2.45, 2.75) is 17.9 Å². The van der Waals surface area contributed by atoms with Crippen molar-refractivity contribution >= 4 is 27.5 Å². The summed E-state index contributed by atoms with van der Waals surface area (Å²) in [6.45, 7) is 1.93. The molecule has 0 aliphatic carbocycles. The Morgan fingerprint density at radius 1 is 0.941 bits per heavy atom. The lowest BCUT2D eigenvalue weighted by Crippen LogP contribution is -2.50. The van der Waals surface area contributed by atoms with E-state index >= 15 is 0 Å². The average molecular weight is 482 g/mol. The molecule has 4 rings (SSSR count). The molecular weight excluding hydrogens is 458 g/mol. The first-order chi connectivity index (χ1) is 16.4. The lowest BCUT2D eigenvalue weighted by molar-refractivity contribution is -0.131. The first-order valence-electron chi connectivity index (χ1n) is 10.6. The molecule has 0 saturated heterocycles. The number of carbonyl (C=O) groups is 2. The van der Waals surface area contributed by atoms with Crippen LogP contribution in [0.5, 0.6) is 11.5 Å². The summed E-state index contributed by atoms with van der Waals surface area (Å²) in [5, 5.41) is 0. The first-order valence-corrected chi connectivity index (χ1v) is 12.0. The molecular formula is C24H23N3O6S. The number of nitrogens with one attached hydrogen (secondary N) is 2. The number of sulfonamides is 1. The van der Waals surface area contributed by atoms with E-state index in [0.29, 0.717) is 17.2 Å². The summed E-state index contributed by atoms with van der Waals surface area (Å²) in [6, 6.07) is 21.2. The van der Waals surface area contributed by atoms with Gasteiger partial charge in [-0.25, -0.2) is 8.42 Å². The molecule has 1 atom stereocenters. The molecule has 0 spiro atoms. The minimum atomic E-state index is -3.91. The van der Waals surface area contributed by atoms with Crippen molar-refractivity contribution in [2.75, 3.05) is 17.5 Å². The van der Waals surface area contributed by atoms with E-state index < -0.39 is 27.9 Å². The third-order valence-corrected chi connectivity index (χ3v) is 7.01. The fraction of sp³-hybridized carbons (Fsp3) is 0.167. The number of fused-ring (bicyclic) bond motifs is 1. The number of benzene rings is 3. The molecule has 0 fully saturated rings. The van der Waals surface area contributed by atoms with Crippen LogP contribution >= 0.6 is 0 Å². The number of nitrogens with zero attached hydrogens (tertiary/aromatic N) is 1. The SMILES string of the molecule is CCN(c1ccccc1)S(=O)(=O)c1cccc(C(=O)NNC(=O)[C@H]2COc3ccccc3O2)c1. The third-order valence-electron chi connectivity index (χ3n) is 5.12. The molecule has 2 N–H and O–H groups in total. The maximum absolute atomic E-state index is 13.2. The highest BCUT2D eigenvalue weighted by Gasteiger charge is 2.28. The highest BCUT2D eigenvalue weighted by atomic mass is 32.2. The Balaban J connectivity index is 1.43. The van der Waals surface area contributed by atoms with Gasteiger partial charge < -0.3 is 9.47 Å². The van der Waals surface area contributed by atoms with Crippen LogP contribution in [-0.2, 0) is 14.8 Å². The van der Waals surface area contributed by atoms with Gasteiger partial charge in [0.05, 0.1) is 10.6 Å². The molecule has 176 valence electrons. The van der Waals surface area contributed by atoms with Crippen molar-refractivity contribution in [1.29, 1.82) is 0 Å². The zero-order valence-electron chi connectivity index (χ0n) is 18.3. The van der Waals surface area contributed by atoms with Gasteiger partial charge in [-0.05, 0) is 49.4 Å². The van der Waals surface area contributed by atoms with Crippen LogP contribution in [0.2, 0.25) is 0 Å². The molecule has 2 amide bonds. The summed E-state index contributed by atoms with van der Waals surface area (Å²) in [5.74, 6) is -0.319. The summed E-state index contributed by atoms with van der Waals surface area (Å²) >= 11 is 0. The van der Waals surface area contributed by atoms with Crippen molar-refractivity contribution in [3.05, 3.63) is 84.4 Å². The number of hydrazine groups is 1. The van der Waals surface area contributed by atoms with Gasteiger partial charge in [0.15, 0.2) is 11.5 Å². The Bertz CT molecular complexity index is 1300. The number of carbonyl (C=O) groups excluding carboxylic acids is 2. The summed E-state index contributed by atoms with van der Waals surface area (Å²) in [6.07, 6.45) is -0.953. The van der Waals surface area contributed by atoms with Gasteiger partial charge in [-0.15, -0.1) is 0 Å². The van der Waals surface area contributed by atoms with Crippen molar-refractivity contribution in [2.24, 2.45) is 0 Å². The van der Waals surface area contributed by atoms with Crippen LogP contribution in [0.1, 0.15) is 17.3 Å². The highest BCUT2D eigenvalue weighted by Crippen LogP contribution is 2.30. The van der Waals surface area contributed by atoms with Gasteiger partial charge >= 0.3 is 0 Å². The van der Waals surface area contributed by atoms with Crippen LogP contribution in [-0.4, -0.2) is 39.5 Å². The lowest BCUT2D eigenvalue weighted by atomic mass is 10.2. The van der Waals surface area contributed by atoms with Crippen molar-refractivity contribution in [3.8, 4) is 11.5 Å². The Kier molecular flexibility index (Phi) is 6.69. The number of anilines is 1. The Morgan fingerprint density at radius 3 is 2.38 bits per heavy atom. The topological polar surface area (TPSA) is 114 Å². The molecule has 0 radical (unpaired) electrons. The molecule has 0 unspecified atom stereocenters. The van der Waals surface area contributed by atoms with Gasteiger partial charge in [0.1, 0.15) is 6.61 Å². The predicted octanol–water partition coefficient (Wildman–Crippen LogP) is 2.50.